The van der Waals surface area contributed by atoms with Crippen molar-refractivity contribution in [3.63, 3.8) is 0 Å². The average Bonchev–Trinajstić information content (AvgIpc) is 2.41. The number of rotatable bonds is 0. The first-order valence-corrected chi connectivity index (χ1v) is 8.55. The smallest absolute Gasteiger partial charge is 0.184 e. The molecular weight excluding hydrogens is 509 g/mol. The van der Waals surface area contributed by atoms with Gasteiger partial charge in [0.25, 0.3) is 0 Å². The molecule has 2 aliphatic heterocycles. The third-order valence-electron chi connectivity index (χ3n) is 3.31. The van der Waals surface area contributed by atoms with E-state index < -0.39 is 0 Å². The van der Waals surface area contributed by atoms with Crippen molar-refractivity contribution in [2.45, 2.75) is 38.5 Å². The van der Waals surface area contributed by atoms with E-state index >= 15 is 0 Å². The zero-order valence-electron chi connectivity index (χ0n) is 11.3. The molecule has 0 bridgehead atoms. The van der Waals surface area contributed by atoms with Crippen molar-refractivity contribution in [3.05, 3.63) is 0 Å². The Bertz CT molecular complexity index is 249. The fourth-order valence-corrected chi connectivity index (χ4v) is 3.06. The molecule has 106 valence electrons. The second-order valence-electron chi connectivity index (χ2n) is 4.74. The first-order valence-electron chi connectivity index (χ1n) is 6.66. The molecule has 0 aromatic rings. The molecule has 0 amide bonds. The van der Waals surface area contributed by atoms with Gasteiger partial charge in [-0.3, -0.25) is 0 Å². The van der Waals surface area contributed by atoms with Crippen LogP contribution in [0.3, 0.4) is 0 Å². The van der Waals surface area contributed by atoms with Crippen LogP contribution in [0.4, 0.5) is 0 Å². The molecular formula is C12H26BiN2S4+7. The molecule has 0 aromatic heterocycles. The van der Waals surface area contributed by atoms with Crippen molar-refractivity contribution in [2.75, 3.05) is 26.2 Å². The van der Waals surface area contributed by atoms with E-state index in [-0.39, 0.29) is 26.2 Å². The van der Waals surface area contributed by atoms with Gasteiger partial charge in [0.1, 0.15) is 0 Å². The van der Waals surface area contributed by atoms with E-state index in [1.165, 1.54) is 64.7 Å². The molecule has 7 heteroatoms. The molecule has 0 N–H and O–H groups in total. The maximum atomic E-state index is 4.20. The van der Waals surface area contributed by atoms with Gasteiger partial charge < -0.3 is 0 Å². The van der Waals surface area contributed by atoms with E-state index in [1.54, 1.807) is 0 Å². The maximum absolute atomic E-state index is 4.20. The third-order valence-corrected chi connectivity index (χ3v) is 4.51. The summed E-state index contributed by atoms with van der Waals surface area (Å²) in [6.07, 6.45) is 8.01. The van der Waals surface area contributed by atoms with Crippen molar-refractivity contribution in [1.29, 1.82) is 0 Å². The van der Waals surface area contributed by atoms with Crippen LogP contribution in [-0.4, -0.2) is 70.8 Å². The van der Waals surface area contributed by atoms with Gasteiger partial charge in [-0.1, -0.05) is 12.8 Å². The predicted octanol–water partition coefficient (Wildman–Crippen LogP) is -0.680. The van der Waals surface area contributed by atoms with Crippen molar-refractivity contribution in [1.82, 2.24) is 9.80 Å². The first kappa shape index (κ1) is 20.7. The summed E-state index contributed by atoms with van der Waals surface area (Å²) in [6, 6.07) is 0. The van der Waals surface area contributed by atoms with Gasteiger partial charge in [-0.05, 0) is 25.7 Å². The molecule has 0 atom stereocenters. The Kier molecular flexibility index (Phi) is 13.3. The van der Waals surface area contributed by atoms with Gasteiger partial charge in [0, 0.05) is 26.2 Å². The molecule has 0 saturated carbocycles. The zero-order chi connectivity index (χ0) is 13.4. The van der Waals surface area contributed by atoms with Gasteiger partial charge in [-0.25, -0.2) is 0 Å². The quantitative estimate of drug-likeness (QED) is 0.176. The molecule has 2 rings (SSSR count). The van der Waals surface area contributed by atoms with Gasteiger partial charge in [0.2, 0.25) is 24.4 Å². The monoisotopic (exact) mass is 535 g/mol. The molecule has 2 radical (unpaired) electrons. The largest absolute Gasteiger partial charge is 3.00 e. The van der Waals surface area contributed by atoms with E-state index in [0.717, 1.165) is 8.64 Å². The Morgan fingerprint density at radius 3 is 1.05 bits per heavy atom. The molecule has 19 heavy (non-hydrogen) atoms. The molecule has 2 heterocycles. The van der Waals surface area contributed by atoms with Crippen LogP contribution < -0.4 is 0 Å². The van der Waals surface area contributed by atoms with Crippen molar-refractivity contribution >= 4 is 84.5 Å². The van der Waals surface area contributed by atoms with Gasteiger partial charge in [-0.15, -0.1) is 0 Å². The Balaban J connectivity index is 0.000000324. The topological polar surface area (TPSA) is 6.48 Å². The van der Waals surface area contributed by atoms with Crippen LogP contribution in [0.1, 0.15) is 38.5 Å². The average molecular weight is 536 g/mol. The summed E-state index contributed by atoms with van der Waals surface area (Å²) in [6.45, 7) is 4.68. The fraction of sp³-hybridized carbons (Fsp3) is 0.833. The second kappa shape index (κ2) is 12.2. The number of piperidine rings is 2. The minimum absolute atomic E-state index is 0. The number of nitrogens with zero attached hydrogens (tertiary/aromatic N) is 2. The number of likely N-dealkylation sites (tertiary alicyclic amines) is 2. The minimum atomic E-state index is 0. The van der Waals surface area contributed by atoms with E-state index in [0.29, 0.717) is 0 Å². The first-order chi connectivity index (χ1) is 8.61. The molecule has 0 unspecified atom stereocenters. The van der Waals surface area contributed by atoms with Crippen molar-refractivity contribution in [2.24, 2.45) is 0 Å². The van der Waals surface area contributed by atoms with Crippen LogP contribution in [0, 0.1) is 0 Å². The van der Waals surface area contributed by atoms with Crippen molar-refractivity contribution < 1.29 is 0 Å². The van der Waals surface area contributed by atoms with Crippen LogP contribution in [0.5, 0.6) is 0 Å². The van der Waals surface area contributed by atoms with Crippen LogP contribution in [0.15, 0.2) is 0 Å². The molecule has 2 saturated heterocycles. The van der Waals surface area contributed by atoms with Crippen LogP contribution in [0.25, 0.3) is 0 Å². The van der Waals surface area contributed by atoms with E-state index in [2.05, 4.69) is 59.5 Å². The summed E-state index contributed by atoms with van der Waals surface area (Å²) in [5.41, 5.74) is 0. The van der Waals surface area contributed by atoms with Gasteiger partial charge >= 0.3 is 34.8 Å². The second-order valence-corrected chi connectivity index (χ2v) is 7.38. The third kappa shape index (κ3) is 9.33. The molecule has 0 spiro atoms. The normalized spacial score (nSPS) is 20.7. The van der Waals surface area contributed by atoms with Gasteiger partial charge in [0.05, 0.1) is 25.3 Å². The minimum Gasteiger partial charge on any atom is -0.184 e. The summed E-state index contributed by atoms with van der Waals surface area (Å²) in [7, 11) is 0. The predicted molar refractivity (Wildman–Crippen MR) is 104 cm³/mol. The molecule has 0 aromatic carbocycles. The Morgan fingerprint density at radius 2 is 0.895 bits per heavy atom. The molecule has 0 aliphatic carbocycles. The summed E-state index contributed by atoms with van der Waals surface area (Å²) in [5, 5.41) is 0. The van der Waals surface area contributed by atoms with Crippen LogP contribution >= 0.6 is 0 Å². The van der Waals surface area contributed by atoms with E-state index in [1.807, 2.05) is 0 Å². The number of hydrogen-bond acceptors (Lipinski definition) is 0. The summed E-state index contributed by atoms with van der Waals surface area (Å²) < 4.78 is 1.96. The van der Waals surface area contributed by atoms with E-state index in [4.69, 9.17) is 0 Å². The molecule has 2 fully saturated rings. The summed E-state index contributed by atoms with van der Waals surface area (Å²) in [4.78, 5) is 4.51. The Hall–Kier alpha value is 1.68. The SMILES string of the molecule is [Bi+3].[SH+]=C([SH2+])N1CCCCC1.[SH+]=C([SH2+])N1CCCCC1. The molecule has 2 aliphatic rings. The summed E-state index contributed by atoms with van der Waals surface area (Å²) >= 11 is 15.2. The molecule has 2 nitrogen and oxygen atoms in total. The number of hydrogen-bond donors (Lipinski definition) is 0. The van der Waals surface area contributed by atoms with E-state index in [9.17, 15) is 0 Å². The van der Waals surface area contributed by atoms with Crippen LogP contribution in [0.2, 0.25) is 0 Å². The van der Waals surface area contributed by atoms with Crippen LogP contribution in [-0.2, 0) is 49.7 Å². The zero-order valence-corrected chi connectivity index (χ0v) is 18.6. The van der Waals surface area contributed by atoms with Gasteiger partial charge in [-0.2, -0.15) is 9.80 Å². The Labute approximate surface area is 158 Å². The fourth-order valence-electron chi connectivity index (χ4n) is 2.21. The van der Waals surface area contributed by atoms with Gasteiger partial charge in [0.15, 0.2) is 0 Å². The van der Waals surface area contributed by atoms with Crippen molar-refractivity contribution in [3.8, 4) is 0 Å². The summed E-state index contributed by atoms with van der Waals surface area (Å²) in [5.74, 6) is 0. The Morgan fingerprint density at radius 1 is 0.632 bits per heavy atom. The maximum Gasteiger partial charge on any atom is 3.00 e. The number of thiol groups is 2. The standard InChI is InChI=1S/2C6H11NS2.Bi/c2*8-6(9)7-4-2-1-3-5-7;/h2*1-5H2,(H,8,9);/q;;+3/p+4.